The molecule has 0 unspecified atom stereocenters. The van der Waals surface area contributed by atoms with E-state index in [1.807, 2.05) is 23.1 Å². The standard InChI is InChI=1S/C19H21FN2O/c1-15-7-8-17(13-18(15)20)19(23)22-11-9-21(10-12-22)14-16-5-3-2-4-6-16/h2-8,13H,9-12,14H2,1H3. The normalized spacial score (nSPS) is 15.7. The molecule has 1 aliphatic rings. The van der Waals surface area contributed by atoms with Gasteiger partial charge >= 0.3 is 0 Å². The van der Waals surface area contributed by atoms with Crippen LogP contribution < -0.4 is 0 Å². The molecule has 4 heteroatoms. The molecule has 3 nitrogen and oxygen atoms in total. The Kier molecular flexibility index (Phi) is 4.72. The van der Waals surface area contributed by atoms with Gasteiger partial charge < -0.3 is 4.90 Å². The summed E-state index contributed by atoms with van der Waals surface area (Å²) in [6, 6.07) is 15.0. The molecule has 0 N–H and O–H groups in total. The van der Waals surface area contributed by atoms with E-state index in [-0.39, 0.29) is 11.7 Å². The monoisotopic (exact) mass is 312 g/mol. The molecule has 2 aromatic rings. The first-order valence-corrected chi connectivity index (χ1v) is 7.95. The first-order chi connectivity index (χ1) is 11.1. The number of carbonyl (C=O) groups excluding carboxylic acids is 1. The molecule has 0 radical (unpaired) electrons. The highest BCUT2D eigenvalue weighted by Crippen LogP contribution is 2.14. The summed E-state index contributed by atoms with van der Waals surface area (Å²) in [5.74, 6) is -0.401. The number of amides is 1. The molecule has 1 amide bonds. The van der Waals surface area contributed by atoms with E-state index in [0.29, 0.717) is 24.2 Å². The van der Waals surface area contributed by atoms with Gasteiger partial charge in [0.1, 0.15) is 5.82 Å². The lowest BCUT2D eigenvalue weighted by Crippen LogP contribution is -2.48. The van der Waals surface area contributed by atoms with Crippen LogP contribution in [-0.4, -0.2) is 41.9 Å². The maximum absolute atomic E-state index is 13.6. The summed E-state index contributed by atoms with van der Waals surface area (Å²) in [6.45, 7) is 5.65. The summed E-state index contributed by atoms with van der Waals surface area (Å²) < 4.78 is 13.6. The number of aryl methyl sites for hydroxylation is 1. The van der Waals surface area contributed by atoms with Gasteiger partial charge in [-0.15, -0.1) is 0 Å². The second-order valence-corrected chi connectivity index (χ2v) is 6.02. The Balaban J connectivity index is 1.58. The summed E-state index contributed by atoms with van der Waals surface area (Å²) >= 11 is 0. The molecule has 2 aromatic carbocycles. The third-order valence-electron chi connectivity index (χ3n) is 4.33. The Hall–Kier alpha value is -2.20. The van der Waals surface area contributed by atoms with E-state index >= 15 is 0 Å². The van der Waals surface area contributed by atoms with Crippen LogP contribution in [0.5, 0.6) is 0 Å². The molecule has 0 aromatic heterocycles. The fraction of sp³-hybridized carbons (Fsp3) is 0.316. The smallest absolute Gasteiger partial charge is 0.254 e. The van der Waals surface area contributed by atoms with Crippen molar-refractivity contribution in [2.45, 2.75) is 13.5 Å². The van der Waals surface area contributed by atoms with Crippen molar-refractivity contribution in [2.24, 2.45) is 0 Å². The zero-order valence-corrected chi connectivity index (χ0v) is 13.3. The van der Waals surface area contributed by atoms with Gasteiger partial charge in [-0.05, 0) is 30.2 Å². The summed E-state index contributed by atoms with van der Waals surface area (Å²) in [5.41, 5.74) is 2.28. The van der Waals surface area contributed by atoms with Crippen LogP contribution in [0.3, 0.4) is 0 Å². The molecule has 0 aliphatic carbocycles. The third-order valence-corrected chi connectivity index (χ3v) is 4.33. The van der Waals surface area contributed by atoms with Crippen LogP contribution >= 0.6 is 0 Å². The molecule has 1 fully saturated rings. The number of piperazine rings is 1. The molecule has 1 aliphatic heterocycles. The van der Waals surface area contributed by atoms with Crippen molar-refractivity contribution in [2.75, 3.05) is 26.2 Å². The van der Waals surface area contributed by atoms with Crippen molar-refractivity contribution < 1.29 is 9.18 Å². The number of carbonyl (C=O) groups is 1. The van der Waals surface area contributed by atoms with Gasteiger partial charge in [0.15, 0.2) is 0 Å². The SMILES string of the molecule is Cc1ccc(C(=O)N2CCN(Cc3ccccc3)CC2)cc1F. The van der Waals surface area contributed by atoms with E-state index in [1.165, 1.54) is 11.6 Å². The number of hydrogen-bond acceptors (Lipinski definition) is 2. The molecule has 23 heavy (non-hydrogen) atoms. The van der Waals surface area contributed by atoms with E-state index in [1.54, 1.807) is 19.1 Å². The molecule has 120 valence electrons. The van der Waals surface area contributed by atoms with Gasteiger partial charge in [0.2, 0.25) is 0 Å². The predicted octanol–water partition coefficient (Wildman–Crippen LogP) is 3.09. The fourth-order valence-electron chi connectivity index (χ4n) is 2.86. The van der Waals surface area contributed by atoms with Gasteiger partial charge in [0.25, 0.3) is 5.91 Å². The van der Waals surface area contributed by atoms with Gasteiger partial charge in [-0.2, -0.15) is 0 Å². The zero-order valence-electron chi connectivity index (χ0n) is 13.3. The number of nitrogens with zero attached hydrogens (tertiary/aromatic N) is 2. The van der Waals surface area contributed by atoms with Crippen LogP contribution in [0.2, 0.25) is 0 Å². The van der Waals surface area contributed by atoms with E-state index in [0.717, 1.165) is 19.6 Å². The second-order valence-electron chi connectivity index (χ2n) is 6.02. The molecule has 0 spiro atoms. The lowest BCUT2D eigenvalue weighted by Gasteiger charge is -2.34. The van der Waals surface area contributed by atoms with E-state index in [2.05, 4.69) is 17.0 Å². The number of hydrogen-bond donors (Lipinski definition) is 0. The summed E-state index contributed by atoms with van der Waals surface area (Å²) in [6.07, 6.45) is 0. The maximum Gasteiger partial charge on any atom is 0.254 e. The van der Waals surface area contributed by atoms with Gasteiger partial charge in [0.05, 0.1) is 0 Å². The maximum atomic E-state index is 13.6. The Bertz CT molecular complexity index is 679. The van der Waals surface area contributed by atoms with Crippen molar-refractivity contribution in [3.63, 3.8) is 0 Å². The highest BCUT2D eigenvalue weighted by molar-refractivity contribution is 5.94. The molecule has 0 saturated carbocycles. The van der Waals surface area contributed by atoms with Crippen LogP contribution in [0.4, 0.5) is 4.39 Å². The second kappa shape index (κ2) is 6.92. The third kappa shape index (κ3) is 3.77. The average molecular weight is 312 g/mol. The number of benzene rings is 2. The van der Waals surface area contributed by atoms with Crippen molar-refractivity contribution in [3.8, 4) is 0 Å². The Labute approximate surface area is 136 Å². The molecule has 0 bridgehead atoms. The van der Waals surface area contributed by atoms with Crippen LogP contribution in [0.1, 0.15) is 21.5 Å². The largest absolute Gasteiger partial charge is 0.336 e. The van der Waals surface area contributed by atoms with Crippen molar-refractivity contribution in [1.82, 2.24) is 9.80 Å². The molecule has 3 rings (SSSR count). The zero-order chi connectivity index (χ0) is 16.2. The molecule has 0 atom stereocenters. The van der Waals surface area contributed by atoms with Crippen LogP contribution in [0.25, 0.3) is 0 Å². The van der Waals surface area contributed by atoms with Crippen LogP contribution in [-0.2, 0) is 6.54 Å². The lowest BCUT2D eigenvalue weighted by atomic mass is 10.1. The molecule has 1 saturated heterocycles. The van der Waals surface area contributed by atoms with Crippen LogP contribution in [0, 0.1) is 12.7 Å². The Morgan fingerprint density at radius 2 is 1.74 bits per heavy atom. The highest BCUT2D eigenvalue weighted by atomic mass is 19.1. The van der Waals surface area contributed by atoms with Crippen molar-refractivity contribution in [1.29, 1.82) is 0 Å². The fourth-order valence-corrected chi connectivity index (χ4v) is 2.86. The molecular weight excluding hydrogens is 291 g/mol. The van der Waals surface area contributed by atoms with Crippen molar-refractivity contribution >= 4 is 5.91 Å². The van der Waals surface area contributed by atoms with Crippen molar-refractivity contribution in [3.05, 3.63) is 71.0 Å². The quantitative estimate of drug-likeness (QED) is 0.869. The first kappa shape index (κ1) is 15.7. The molecule has 1 heterocycles. The lowest BCUT2D eigenvalue weighted by molar-refractivity contribution is 0.0628. The minimum atomic E-state index is -0.321. The minimum absolute atomic E-state index is 0.0803. The highest BCUT2D eigenvalue weighted by Gasteiger charge is 2.22. The van der Waals surface area contributed by atoms with Gasteiger partial charge in [-0.25, -0.2) is 4.39 Å². The van der Waals surface area contributed by atoms with Gasteiger partial charge in [0, 0.05) is 38.3 Å². The van der Waals surface area contributed by atoms with E-state index < -0.39 is 0 Å². The van der Waals surface area contributed by atoms with E-state index in [9.17, 15) is 9.18 Å². The first-order valence-electron chi connectivity index (χ1n) is 7.95. The minimum Gasteiger partial charge on any atom is -0.336 e. The Morgan fingerprint density at radius 3 is 2.39 bits per heavy atom. The van der Waals surface area contributed by atoms with Crippen LogP contribution in [0.15, 0.2) is 48.5 Å². The number of rotatable bonds is 3. The van der Waals surface area contributed by atoms with Gasteiger partial charge in [-0.1, -0.05) is 36.4 Å². The number of halogens is 1. The average Bonchev–Trinajstić information content (AvgIpc) is 2.58. The predicted molar refractivity (Wildman–Crippen MR) is 88.8 cm³/mol. The summed E-state index contributed by atoms with van der Waals surface area (Å²) in [7, 11) is 0. The van der Waals surface area contributed by atoms with Gasteiger partial charge in [-0.3, -0.25) is 9.69 Å². The molecular formula is C19H21FN2O. The van der Waals surface area contributed by atoms with E-state index in [4.69, 9.17) is 0 Å². The summed E-state index contributed by atoms with van der Waals surface area (Å²) in [5, 5.41) is 0. The Morgan fingerprint density at radius 1 is 1.04 bits per heavy atom. The topological polar surface area (TPSA) is 23.6 Å². The summed E-state index contributed by atoms with van der Waals surface area (Å²) in [4.78, 5) is 16.6.